The molecule has 0 amide bonds. The van der Waals surface area contributed by atoms with E-state index in [1.165, 1.54) is 0 Å². The van der Waals surface area contributed by atoms with Crippen LogP contribution in [0, 0.1) is 12.8 Å². The minimum atomic E-state index is -0.0690. The lowest BCUT2D eigenvalue weighted by Gasteiger charge is -2.24. The smallest absolute Gasteiger partial charge is 0.260 e. The highest BCUT2D eigenvalue weighted by atomic mass is 32.1. The van der Waals surface area contributed by atoms with Gasteiger partial charge in [-0.2, -0.15) is 16.3 Å². The minimum Gasteiger partial charge on any atom is -0.489 e. The van der Waals surface area contributed by atoms with Crippen molar-refractivity contribution in [3.8, 4) is 28.1 Å². The highest BCUT2D eigenvalue weighted by Crippen LogP contribution is 2.29. The number of aromatic nitrogens is 4. The topological polar surface area (TPSA) is 103 Å². The van der Waals surface area contributed by atoms with Gasteiger partial charge in [0.1, 0.15) is 17.5 Å². The van der Waals surface area contributed by atoms with Gasteiger partial charge in [0.15, 0.2) is 0 Å². The Kier molecular flexibility index (Phi) is 8.37. The average Bonchev–Trinajstić information content (AvgIpc) is 3.60. The molecule has 2 aliphatic heterocycles. The summed E-state index contributed by atoms with van der Waals surface area (Å²) in [5.41, 5.74) is 5.82. The number of nitrogens with one attached hydrogen (secondary N) is 2. The Hall–Kier alpha value is -4.12. The van der Waals surface area contributed by atoms with Crippen LogP contribution in [0.4, 0.5) is 11.6 Å². The molecule has 1 unspecified atom stereocenters. The molecule has 1 atom stereocenters. The predicted molar refractivity (Wildman–Crippen MR) is 175 cm³/mol. The third-order valence-electron chi connectivity index (χ3n) is 8.49. The van der Waals surface area contributed by atoms with Crippen LogP contribution >= 0.6 is 11.3 Å². The van der Waals surface area contributed by atoms with Gasteiger partial charge in [0.2, 0.25) is 5.95 Å². The second kappa shape index (κ2) is 12.9. The summed E-state index contributed by atoms with van der Waals surface area (Å²) < 4.78 is 13.6. The van der Waals surface area contributed by atoms with Crippen molar-refractivity contribution in [3.63, 3.8) is 0 Å². The van der Waals surface area contributed by atoms with Gasteiger partial charge in [-0.1, -0.05) is 0 Å². The molecule has 7 rings (SSSR count). The molecule has 2 fully saturated rings. The van der Waals surface area contributed by atoms with Crippen LogP contribution < -0.4 is 20.9 Å². The summed E-state index contributed by atoms with van der Waals surface area (Å²) in [6, 6.07) is 13.9. The van der Waals surface area contributed by atoms with Gasteiger partial charge in [0, 0.05) is 71.8 Å². The van der Waals surface area contributed by atoms with Crippen molar-refractivity contribution in [1.29, 1.82) is 0 Å². The summed E-state index contributed by atoms with van der Waals surface area (Å²) in [4.78, 5) is 28.4. The number of pyridine rings is 2. The maximum Gasteiger partial charge on any atom is 0.260 e. The van der Waals surface area contributed by atoms with Gasteiger partial charge in [-0.05, 0) is 98.5 Å². The Bertz CT molecular complexity index is 1790. The number of hydrogen-bond acceptors (Lipinski definition) is 9. The largest absolute Gasteiger partial charge is 0.489 e. The van der Waals surface area contributed by atoms with E-state index in [4.69, 9.17) is 19.4 Å². The quantitative estimate of drug-likeness (QED) is 0.215. The van der Waals surface area contributed by atoms with Gasteiger partial charge in [-0.3, -0.25) is 14.3 Å². The molecule has 2 aliphatic rings. The summed E-state index contributed by atoms with van der Waals surface area (Å²) in [7, 11) is 0. The molecule has 4 aromatic heterocycles. The lowest BCUT2D eigenvalue weighted by molar-refractivity contribution is 0.0613. The predicted octanol–water partition coefficient (Wildman–Crippen LogP) is 6.19. The summed E-state index contributed by atoms with van der Waals surface area (Å²) in [6.07, 6.45) is 7.82. The molecule has 2 N–H and O–H groups in total. The number of nitrogens with zero attached hydrogens (tertiary/aromatic N) is 4. The summed E-state index contributed by atoms with van der Waals surface area (Å²) in [6.45, 7) is 5.96. The number of anilines is 2. The number of thiophene rings is 1. The molecule has 226 valence electrons. The van der Waals surface area contributed by atoms with E-state index in [1.54, 1.807) is 17.5 Å². The summed E-state index contributed by atoms with van der Waals surface area (Å²) in [5, 5.41) is 11.6. The van der Waals surface area contributed by atoms with E-state index in [1.807, 2.05) is 53.4 Å². The van der Waals surface area contributed by atoms with Gasteiger partial charge in [0.25, 0.3) is 5.56 Å². The molecule has 44 heavy (non-hydrogen) atoms. The number of aryl methyl sites for hydroxylation is 1. The zero-order valence-electron chi connectivity index (χ0n) is 24.8. The fraction of sp³-hybridized carbons (Fsp3) is 0.353. The first-order chi connectivity index (χ1) is 21.6. The lowest BCUT2D eigenvalue weighted by atomic mass is 9.99. The number of piperidine rings is 1. The second-order valence-corrected chi connectivity index (χ2v) is 12.4. The highest BCUT2D eigenvalue weighted by Gasteiger charge is 2.21. The molecule has 1 aromatic carbocycles. The molecule has 0 spiro atoms. The van der Waals surface area contributed by atoms with Crippen LogP contribution in [0.3, 0.4) is 0 Å². The number of hydrogen-bond donors (Lipinski definition) is 2. The van der Waals surface area contributed by atoms with Crippen molar-refractivity contribution >= 4 is 34.0 Å². The van der Waals surface area contributed by atoms with Crippen LogP contribution in [0.25, 0.3) is 33.4 Å². The average molecular weight is 609 g/mol. The van der Waals surface area contributed by atoms with E-state index >= 15 is 0 Å². The molecule has 6 heterocycles. The Labute approximate surface area is 260 Å². The van der Waals surface area contributed by atoms with Crippen molar-refractivity contribution in [3.05, 3.63) is 81.5 Å². The molecule has 5 aromatic rings. The Morgan fingerprint density at radius 2 is 1.93 bits per heavy atom. The van der Waals surface area contributed by atoms with Gasteiger partial charge in [-0.15, -0.1) is 0 Å². The molecule has 0 bridgehead atoms. The maximum atomic E-state index is 14.2. The Morgan fingerprint density at radius 1 is 1.07 bits per heavy atom. The Morgan fingerprint density at radius 3 is 2.68 bits per heavy atom. The first kappa shape index (κ1) is 28.6. The van der Waals surface area contributed by atoms with Crippen LogP contribution in [0.5, 0.6) is 5.75 Å². The standard InChI is InChI=1S/C34H36N6O3S/c1-22-15-31(24-10-14-44-21-24)36-19-30(22)29-16-25-17-37-34(39-32(25)40(33(29)41)20-23-8-12-42-13-9-23)38-26-4-6-27(7-5-26)43-28-3-2-11-35-18-28/h4-7,10,14-17,19,21,23,28,35H,2-3,8-9,11-13,18,20H2,1H3,(H,37,38,39). The fourth-order valence-electron chi connectivity index (χ4n) is 6.03. The maximum absolute atomic E-state index is 14.2. The molecule has 10 heteroatoms. The van der Waals surface area contributed by atoms with Crippen molar-refractivity contribution in [2.45, 2.75) is 45.3 Å². The van der Waals surface area contributed by atoms with Gasteiger partial charge < -0.3 is 20.1 Å². The number of fused-ring (bicyclic) bond motifs is 1. The molecule has 0 aliphatic carbocycles. The monoisotopic (exact) mass is 608 g/mol. The van der Waals surface area contributed by atoms with Crippen LogP contribution in [0.15, 0.2) is 70.4 Å². The Balaban J connectivity index is 1.21. The number of ether oxygens (including phenoxy) is 2. The zero-order chi connectivity index (χ0) is 29.9. The van der Waals surface area contributed by atoms with E-state index in [-0.39, 0.29) is 11.7 Å². The van der Waals surface area contributed by atoms with Crippen LogP contribution in [-0.2, 0) is 11.3 Å². The molecular weight excluding hydrogens is 572 g/mol. The molecule has 0 radical (unpaired) electrons. The molecular formula is C34H36N6O3S. The van der Waals surface area contributed by atoms with Crippen LogP contribution in [0.1, 0.15) is 31.2 Å². The fourth-order valence-corrected chi connectivity index (χ4v) is 6.68. The van der Waals surface area contributed by atoms with E-state index in [2.05, 4.69) is 33.1 Å². The lowest BCUT2D eigenvalue weighted by Crippen LogP contribution is -2.37. The minimum absolute atomic E-state index is 0.0690. The number of benzene rings is 1. The van der Waals surface area contributed by atoms with Crippen molar-refractivity contribution in [2.75, 3.05) is 31.6 Å². The SMILES string of the molecule is Cc1cc(-c2ccsc2)ncc1-c1cc2cnc(Nc3ccc(OC4CCCNC4)cc3)nc2n(CC2CCOCC2)c1=O. The van der Waals surface area contributed by atoms with E-state index < -0.39 is 0 Å². The zero-order valence-corrected chi connectivity index (χ0v) is 25.6. The molecule has 2 saturated heterocycles. The molecule has 0 saturated carbocycles. The van der Waals surface area contributed by atoms with Crippen LogP contribution in [0.2, 0.25) is 0 Å². The van der Waals surface area contributed by atoms with E-state index in [0.29, 0.717) is 42.8 Å². The summed E-state index contributed by atoms with van der Waals surface area (Å²) in [5.74, 6) is 1.61. The van der Waals surface area contributed by atoms with Crippen LogP contribution in [-0.4, -0.2) is 51.9 Å². The van der Waals surface area contributed by atoms with E-state index in [9.17, 15) is 4.79 Å². The highest BCUT2D eigenvalue weighted by molar-refractivity contribution is 7.08. The third kappa shape index (κ3) is 6.24. The molecule has 9 nitrogen and oxygen atoms in total. The number of rotatable bonds is 8. The summed E-state index contributed by atoms with van der Waals surface area (Å²) >= 11 is 1.64. The first-order valence-electron chi connectivity index (χ1n) is 15.3. The van der Waals surface area contributed by atoms with Crippen molar-refractivity contribution in [2.24, 2.45) is 5.92 Å². The van der Waals surface area contributed by atoms with Crippen molar-refractivity contribution < 1.29 is 9.47 Å². The van der Waals surface area contributed by atoms with E-state index in [0.717, 1.165) is 78.0 Å². The van der Waals surface area contributed by atoms with Gasteiger partial charge in [0.05, 0.1) is 5.69 Å². The third-order valence-corrected chi connectivity index (χ3v) is 9.17. The van der Waals surface area contributed by atoms with Gasteiger partial charge in [-0.25, -0.2) is 4.98 Å². The van der Waals surface area contributed by atoms with Gasteiger partial charge >= 0.3 is 0 Å². The normalized spacial score (nSPS) is 17.5. The van der Waals surface area contributed by atoms with Crippen molar-refractivity contribution in [1.82, 2.24) is 24.8 Å². The first-order valence-corrected chi connectivity index (χ1v) is 16.3. The second-order valence-electron chi connectivity index (χ2n) is 11.6.